The van der Waals surface area contributed by atoms with Crippen LogP contribution in [0.5, 0.6) is 11.5 Å². The van der Waals surface area contributed by atoms with Crippen molar-refractivity contribution < 1.29 is 22.7 Å². The summed E-state index contributed by atoms with van der Waals surface area (Å²) < 4.78 is 36.8. The van der Waals surface area contributed by atoms with Crippen LogP contribution in [-0.2, 0) is 21.4 Å². The Hall–Kier alpha value is -3.23. The number of benzene rings is 3. The summed E-state index contributed by atoms with van der Waals surface area (Å²) in [5.41, 5.74) is 2.10. The lowest BCUT2D eigenvalue weighted by Gasteiger charge is -2.23. The standard InChI is InChI=1S/C25H27ClN2O5S/c1-18(19-8-12-22(32-2)13-9-19)27-25(29)17-33-23-14-10-21(11-15-23)28(34(3,30)31)16-20-6-4-5-7-24(20)26/h4-15,18H,16-17H2,1-3H3,(H,27,29)/t18-/m1/s1. The highest BCUT2D eigenvalue weighted by atomic mass is 35.5. The van der Waals surface area contributed by atoms with E-state index in [0.717, 1.165) is 17.6 Å². The highest BCUT2D eigenvalue weighted by Gasteiger charge is 2.19. The first kappa shape index (κ1) is 25.4. The molecule has 1 N–H and O–H groups in total. The first-order chi connectivity index (χ1) is 16.2. The molecule has 0 saturated heterocycles. The van der Waals surface area contributed by atoms with E-state index < -0.39 is 10.0 Å². The molecule has 7 nitrogen and oxygen atoms in total. The van der Waals surface area contributed by atoms with Gasteiger partial charge in [0.2, 0.25) is 10.0 Å². The van der Waals surface area contributed by atoms with Gasteiger partial charge in [0.15, 0.2) is 6.61 Å². The van der Waals surface area contributed by atoms with Crippen LogP contribution in [0.25, 0.3) is 0 Å². The summed E-state index contributed by atoms with van der Waals surface area (Å²) >= 11 is 6.21. The van der Waals surface area contributed by atoms with E-state index in [4.69, 9.17) is 21.1 Å². The molecule has 0 bridgehead atoms. The molecule has 0 aromatic heterocycles. The second kappa shape index (κ2) is 11.3. The number of hydrogen-bond donors (Lipinski definition) is 1. The van der Waals surface area contributed by atoms with Gasteiger partial charge in [0.1, 0.15) is 11.5 Å². The molecule has 0 aliphatic rings. The van der Waals surface area contributed by atoms with Crippen LogP contribution < -0.4 is 19.1 Å². The van der Waals surface area contributed by atoms with Crippen molar-refractivity contribution in [1.82, 2.24) is 5.32 Å². The maximum atomic E-state index is 12.4. The van der Waals surface area contributed by atoms with Crippen molar-refractivity contribution in [3.8, 4) is 11.5 Å². The van der Waals surface area contributed by atoms with Crippen LogP contribution in [0, 0.1) is 0 Å². The van der Waals surface area contributed by atoms with Crippen LogP contribution >= 0.6 is 11.6 Å². The molecule has 180 valence electrons. The number of ether oxygens (including phenoxy) is 2. The molecule has 0 fully saturated rings. The third-order valence-electron chi connectivity index (χ3n) is 5.16. The first-order valence-corrected chi connectivity index (χ1v) is 12.8. The minimum absolute atomic E-state index is 0.102. The molecule has 3 aromatic rings. The molecule has 3 aromatic carbocycles. The minimum atomic E-state index is -3.55. The summed E-state index contributed by atoms with van der Waals surface area (Å²) in [6, 6.07) is 20.9. The van der Waals surface area contributed by atoms with E-state index in [-0.39, 0.29) is 25.1 Å². The van der Waals surface area contributed by atoms with Crippen LogP contribution in [0.3, 0.4) is 0 Å². The molecule has 0 aliphatic heterocycles. The lowest BCUT2D eigenvalue weighted by Crippen LogP contribution is -2.31. The first-order valence-electron chi connectivity index (χ1n) is 10.5. The van der Waals surface area contributed by atoms with Crippen LogP contribution in [0.15, 0.2) is 72.8 Å². The lowest BCUT2D eigenvalue weighted by molar-refractivity contribution is -0.123. The Labute approximate surface area is 205 Å². The van der Waals surface area contributed by atoms with Gasteiger partial charge in [-0.15, -0.1) is 0 Å². The zero-order valence-corrected chi connectivity index (χ0v) is 20.8. The van der Waals surface area contributed by atoms with E-state index in [1.807, 2.05) is 31.2 Å². The topological polar surface area (TPSA) is 84.9 Å². The Bertz CT molecular complexity index is 1210. The Kier molecular flexibility index (Phi) is 8.41. The Morgan fingerprint density at radius 3 is 2.21 bits per heavy atom. The average Bonchev–Trinajstić information content (AvgIpc) is 2.82. The molecule has 9 heteroatoms. The fourth-order valence-corrected chi connectivity index (χ4v) is 4.37. The maximum Gasteiger partial charge on any atom is 0.258 e. The van der Waals surface area contributed by atoms with Gasteiger partial charge in [-0.05, 0) is 60.5 Å². The molecule has 0 aliphatic carbocycles. The fraction of sp³-hybridized carbons (Fsp3) is 0.240. The quantitative estimate of drug-likeness (QED) is 0.439. The van der Waals surface area contributed by atoms with Crippen molar-refractivity contribution in [2.24, 2.45) is 0 Å². The monoisotopic (exact) mass is 502 g/mol. The largest absolute Gasteiger partial charge is 0.497 e. The zero-order chi connectivity index (χ0) is 24.7. The number of nitrogens with one attached hydrogen (secondary N) is 1. The van der Waals surface area contributed by atoms with Crippen molar-refractivity contribution in [3.63, 3.8) is 0 Å². The third kappa shape index (κ3) is 6.88. The number of carbonyl (C=O) groups is 1. The van der Waals surface area contributed by atoms with Gasteiger partial charge in [0, 0.05) is 5.02 Å². The summed E-state index contributed by atoms with van der Waals surface area (Å²) in [5.74, 6) is 0.918. The molecule has 0 unspecified atom stereocenters. The average molecular weight is 503 g/mol. The number of sulfonamides is 1. The van der Waals surface area contributed by atoms with Gasteiger partial charge in [-0.2, -0.15) is 0 Å². The molecule has 1 amide bonds. The second-order valence-electron chi connectivity index (χ2n) is 7.71. The Morgan fingerprint density at radius 2 is 1.62 bits per heavy atom. The predicted octanol–water partition coefficient (Wildman–Crippen LogP) is 4.57. The van der Waals surface area contributed by atoms with Gasteiger partial charge in [-0.3, -0.25) is 9.10 Å². The summed E-state index contributed by atoms with van der Waals surface area (Å²) in [6.07, 6.45) is 1.14. The second-order valence-corrected chi connectivity index (χ2v) is 10.0. The highest BCUT2D eigenvalue weighted by Crippen LogP contribution is 2.26. The molecule has 0 spiro atoms. The fourth-order valence-electron chi connectivity index (χ4n) is 3.30. The molecular weight excluding hydrogens is 476 g/mol. The van der Waals surface area contributed by atoms with Gasteiger partial charge >= 0.3 is 0 Å². The minimum Gasteiger partial charge on any atom is -0.497 e. The van der Waals surface area contributed by atoms with E-state index in [1.165, 1.54) is 4.31 Å². The van der Waals surface area contributed by atoms with Gasteiger partial charge in [-0.1, -0.05) is 41.9 Å². The summed E-state index contributed by atoms with van der Waals surface area (Å²) in [5, 5.41) is 3.37. The maximum absolute atomic E-state index is 12.4. The SMILES string of the molecule is COc1ccc([C@@H](C)NC(=O)COc2ccc(N(Cc3ccccc3Cl)S(C)(=O)=O)cc2)cc1. The van der Waals surface area contributed by atoms with Crippen molar-refractivity contribution in [1.29, 1.82) is 0 Å². The highest BCUT2D eigenvalue weighted by molar-refractivity contribution is 7.92. The van der Waals surface area contributed by atoms with Gasteiger partial charge in [0.25, 0.3) is 5.91 Å². The van der Waals surface area contributed by atoms with Crippen LogP contribution in [0.1, 0.15) is 24.1 Å². The number of hydrogen-bond acceptors (Lipinski definition) is 5. The summed E-state index contributed by atoms with van der Waals surface area (Å²) in [7, 11) is -1.96. The number of amides is 1. The van der Waals surface area contributed by atoms with Crippen LogP contribution in [0.4, 0.5) is 5.69 Å². The molecule has 0 radical (unpaired) electrons. The number of rotatable bonds is 10. The van der Waals surface area contributed by atoms with Crippen molar-refractivity contribution >= 4 is 33.2 Å². The Morgan fingerprint density at radius 1 is 1.00 bits per heavy atom. The van der Waals surface area contributed by atoms with Crippen LogP contribution in [-0.4, -0.2) is 34.3 Å². The summed E-state index contributed by atoms with van der Waals surface area (Å²) in [4.78, 5) is 12.3. The van der Waals surface area contributed by atoms with Crippen LogP contribution in [0.2, 0.25) is 5.02 Å². The smallest absolute Gasteiger partial charge is 0.258 e. The lowest BCUT2D eigenvalue weighted by atomic mass is 10.1. The van der Waals surface area contributed by atoms with E-state index in [9.17, 15) is 13.2 Å². The van der Waals surface area contributed by atoms with Crippen molar-refractivity contribution in [3.05, 3.63) is 88.9 Å². The van der Waals surface area contributed by atoms with Gasteiger partial charge in [0.05, 0.1) is 31.6 Å². The number of carbonyl (C=O) groups excluding carboxylic acids is 1. The predicted molar refractivity (Wildman–Crippen MR) is 134 cm³/mol. The molecule has 0 heterocycles. The molecular formula is C25H27ClN2O5S. The molecule has 3 rings (SSSR count). The van der Waals surface area contributed by atoms with Gasteiger partial charge < -0.3 is 14.8 Å². The Balaban J connectivity index is 1.60. The van der Waals surface area contributed by atoms with E-state index in [1.54, 1.807) is 55.6 Å². The summed E-state index contributed by atoms with van der Waals surface area (Å²) in [6.45, 7) is 1.81. The van der Waals surface area contributed by atoms with Crippen molar-refractivity contribution in [2.75, 3.05) is 24.3 Å². The number of halogens is 1. The molecule has 0 saturated carbocycles. The number of methoxy groups -OCH3 is 1. The number of nitrogens with zero attached hydrogens (tertiary/aromatic N) is 1. The van der Waals surface area contributed by atoms with E-state index in [2.05, 4.69) is 5.32 Å². The van der Waals surface area contributed by atoms with Gasteiger partial charge in [-0.25, -0.2) is 8.42 Å². The molecule has 34 heavy (non-hydrogen) atoms. The third-order valence-corrected chi connectivity index (χ3v) is 6.67. The normalized spacial score (nSPS) is 12.0. The van der Waals surface area contributed by atoms with E-state index >= 15 is 0 Å². The number of anilines is 1. The molecule has 1 atom stereocenters. The van der Waals surface area contributed by atoms with Crippen molar-refractivity contribution in [2.45, 2.75) is 19.5 Å². The zero-order valence-electron chi connectivity index (χ0n) is 19.2. The van der Waals surface area contributed by atoms with E-state index in [0.29, 0.717) is 22.0 Å².